The molecule has 0 aliphatic carbocycles. The molecule has 0 saturated heterocycles. The Hall–Kier alpha value is -2.53. The van der Waals surface area contributed by atoms with Crippen LogP contribution >= 0.6 is 11.3 Å². The highest BCUT2D eigenvalue weighted by atomic mass is 32.2. The normalized spacial score (nSPS) is 14.4. The molecule has 0 radical (unpaired) electrons. The maximum Gasteiger partial charge on any atom is 0.289 e. The zero-order valence-electron chi connectivity index (χ0n) is 12.2. The molecule has 0 atom stereocenters. The zero-order chi connectivity index (χ0) is 17.3. The van der Waals surface area contributed by atoms with Gasteiger partial charge in [0.2, 0.25) is 0 Å². The fourth-order valence-corrected chi connectivity index (χ4v) is 4.62. The molecular formula is C13H12N4O5S2. The maximum absolute atomic E-state index is 12.4. The van der Waals surface area contributed by atoms with Crippen molar-refractivity contribution >= 4 is 38.1 Å². The van der Waals surface area contributed by atoms with Crippen molar-refractivity contribution in [1.82, 2.24) is 10.3 Å². The standard InChI is InChI=1S/C13H12N4O5S2/c18-12-11-8(4-3-7-14-12)15-13(23-11)16-24(21,22)10-6-2-1-5-9(10)17(19)20/h1-2,5-6H,3-4,7H2,(H,14,18)(H,15,16). The molecule has 2 aromatic rings. The molecule has 0 saturated carbocycles. The number of benzene rings is 1. The fraction of sp³-hybridized carbons (Fsp3) is 0.231. The van der Waals surface area contributed by atoms with Crippen LogP contribution in [0.5, 0.6) is 0 Å². The van der Waals surface area contributed by atoms with E-state index in [1.165, 1.54) is 12.1 Å². The molecule has 1 aromatic heterocycles. The van der Waals surface area contributed by atoms with E-state index in [9.17, 15) is 23.3 Å². The van der Waals surface area contributed by atoms with Gasteiger partial charge in [0.15, 0.2) is 10.0 Å². The number of amides is 1. The van der Waals surface area contributed by atoms with E-state index in [0.717, 1.165) is 23.5 Å². The highest BCUT2D eigenvalue weighted by molar-refractivity contribution is 7.93. The Labute approximate surface area is 140 Å². The monoisotopic (exact) mass is 368 g/mol. The lowest BCUT2D eigenvalue weighted by molar-refractivity contribution is -0.387. The van der Waals surface area contributed by atoms with Gasteiger partial charge in [0.05, 0.1) is 10.6 Å². The topological polar surface area (TPSA) is 131 Å². The van der Waals surface area contributed by atoms with E-state index in [4.69, 9.17) is 0 Å². The SMILES string of the molecule is O=C1NCCCc2nc(NS(=O)(=O)c3ccccc3[N+](=O)[O-])sc21. The number of hydrogen-bond acceptors (Lipinski definition) is 7. The Morgan fingerprint density at radius 3 is 2.83 bits per heavy atom. The average Bonchev–Trinajstić information content (AvgIpc) is 2.85. The number of aryl methyl sites for hydroxylation is 1. The van der Waals surface area contributed by atoms with E-state index in [2.05, 4.69) is 15.0 Å². The van der Waals surface area contributed by atoms with Gasteiger partial charge >= 0.3 is 0 Å². The summed E-state index contributed by atoms with van der Waals surface area (Å²) in [5.74, 6) is -0.295. The van der Waals surface area contributed by atoms with Crippen LogP contribution in [0.4, 0.5) is 10.8 Å². The number of hydrogen-bond donors (Lipinski definition) is 2. The number of sulfonamides is 1. The number of para-hydroxylation sites is 1. The van der Waals surface area contributed by atoms with Gasteiger partial charge in [0, 0.05) is 12.6 Å². The summed E-state index contributed by atoms with van der Waals surface area (Å²) in [6.45, 7) is 0.541. The van der Waals surface area contributed by atoms with E-state index in [0.29, 0.717) is 30.0 Å². The number of nitro groups is 1. The lowest BCUT2D eigenvalue weighted by Gasteiger charge is -2.05. The van der Waals surface area contributed by atoms with Gasteiger partial charge in [-0.2, -0.15) is 0 Å². The summed E-state index contributed by atoms with van der Waals surface area (Å²) >= 11 is 0.909. The maximum atomic E-state index is 12.4. The number of nitrogens with one attached hydrogen (secondary N) is 2. The van der Waals surface area contributed by atoms with Gasteiger partial charge in [0.1, 0.15) is 4.88 Å². The third-order valence-corrected chi connectivity index (χ3v) is 5.88. The fourth-order valence-electron chi connectivity index (χ4n) is 2.29. The predicted octanol–water partition coefficient (Wildman–Crippen LogP) is 1.53. The van der Waals surface area contributed by atoms with Gasteiger partial charge in [-0.15, -0.1) is 0 Å². The van der Waals surface area contributed by atoms with E-state index in [-0.39, 0.29) is 11.0 Å². The number of nitrogens with zero attached hydrogens (tertiary/aromatic N) is 2. The van der Waals surface area contributed by atoms with Crippen molar-refractivity contribution in [3.8, 4) is 0 Å². The number of carbonyl (C=O) groups is 1. The highest BCUT2D eigenvalue weighted by Gasteiger charge is 2.28. The van der Waals surface area contributed by atoms with Gasteiger partial charge in [-0.3, -0.25) is 19.6 Å². The molecule has 0 fully saturated rings. The van der Waals surface area contributed by atoms with E-state index < -0.39 is 25.5 Å². The van der Waals surface area contributed by atoms with Crippen LogP contribution in [0.15, 0.2) is 29.2 Å². The molecule has 3 rings (SSSR count). The molecule has 1 amide bonds. The summed E-state index contributed by atoms with van der Waals surface area (Å²) in [4.78, 5) is 26.2. The van der Waals surface area contributed by atoms with Crippen molar-refractivity contribution in [2.45, 2.75) is 17.7 Å². The number of fused-ring (bicyclic) bond motifs is 1. The number of thiazole rings is 1. The van der Waals surface area contributed by atoms with Crippen LogP contribution in [-0.2, 0) is 16.4 Å². The molecule has 1 aromatic carbocycles. The summed E-state index contributed by atoms with van der Waals surface area (Å²) in [5, 5.41) is 13.7. The second kappa shape index (κ2) is 6.17. The van der Waals surface area contributed by atoms with Crippen LogP contribution in [0.3, 0.4) is 0 Å². The van der Waals surface area contributed by atoms with Crippen molar-refractivity contribution in [1.29, 1.82) is 0 Å². The number of rotatable bonds is 4. The molecule has 2 heterocycles. The molecule has 2 N–H and O–H groups in total. The van der Waals surface area contributed by atoms with E-state index in [1.807, 2.05) is 0 Å². The van der Waals surface area contributed by atoms with Crippen molar-refractivity contribution < 1.29 is 18.1 Å². The first-order valence-corrected chi connectivity index (χ1v) is 9.22. The highest BCUT2D eigenvalue weighted by Crippen LogP contribution is 2.29. The predicted molar refractivity (Wildman–Crippen MR) is 86.7 cm³/mol. The summed E-state index contributed by atoms with van der Waals surface area (Å²) < 4.78 is 27.1. The zero-order valence-corrected chi connectivity index (χ0v) is 13.8. The van der Waals surface area contributed by atoms with Crippen LogP contribution in [0.25, 0.3) is 0 Å². The first kappa shape index (κ1) is 16.3. The Morgan fingerprint density at radius 2 is 2.08 bits per heavy atom. The van der Waals surface area contributed by atoms with Crippen LogP contribution in [0.1, 0.15) is 21.8 Å². The Bertz CT molecular complexity index is 922. The van der Waals surface area contributed by atoms with Gasteiger partial charge < -0.3 is 5.32 Å². The first-order valence-electron chi connectivity index (χ1n) is 6.92. The number of carbonyl (C=O) groups excluding carboxylic acids is 1. The molecule has 126 valence electrons. The second-order valence-electron chi connectivity index (χ2n) is 4.98. The molecule has 11 heteroatoms. The van der Waals surface area contributed by atoms with Crippen LogP contribution in [-0.4, -0.2) is 30.8 Å². The lowest BCUT2D eigenvalue weighted by Crippen LogP contribution is -2.21. The largest absolute Gasteiger partial charge is 0.351 e. The summed E-state index contributed by atoms with van der Waals surface area (Å²) in [6, 6.07) is 5.03. The third kappa shape index (κ3) is 3.08. The lowest BCUT2D eigenvalue weighted by atomic mass is 10.2. The molecular weight excluding hydrogens is 356 g/mol. The smallest absolute Gasteiger partial charge is 0.289 e. The summed E-state index contributed by atoms with van der Waals surface area (Å²) in [7, 11) is -4.19. The number of nitro benzene ring substituents is 1. The van der Waals surface area contributed by atoms with Gasteiger partial charge in [-0.1, -0.05) is 23.5 Å². The molecule has 0 spiro atoms. The Kier molecular flexibility index (Phi) is 4.20. The molecule has 9 nitrogen and oxygen atoms in total. The first-order chi connectivity index (χ1) is 11.4. The van der Waals surface area contributed by atoms with Crippen LogP contribution < -0.4 is 10.0 Å². The number of aromatic nitrogens is 1. The van der Waals surface area contributed by atoms with Crippen molar-refractivity contribution in [3.63, 3.8) is 0 Å². The quantitative estimate of drug-likeness (QED) is 0.621. The van der Waals surface area contributed by atoms with Crippen molar-refractivity contribution in [2.75, 3.05) is 11.3 Å². The molecule has 1 aliphatic heterocycles. The third-order valence-electron chi connectivity index (χ3n) is 3.35. The molecule has 1 aliphatic rings. The van der Waals surface area contributed by atoms with Gasteiger partial charge in [-0.25, -0.2) is 13.4 Å². The minimum Gasteiger partial charge on any atom is -0.351 e. The van der Waals surface area contributed by atoms with Gasteiger partial charge in [-0.05, 0) is 18.9 Å². The average molecular weight is 368 g/mol. The van der Waals surface area contributed by atoms with Crippen LogP contribution in [0.2, 0.25) is 0 Å². The second-order valence-corrected chi connectivity index (χ2v) is 7.63. The van der Waals surface area contributed by atoms with E-state index in [1.54, 1.807) is 0 Å². The van der Waals surface area contributed by atoms with E-state index >= 15 is 0 Å². The summed E-state index contributed by atoms with van der Waals surface area (Å²) in [5.41, 5.74) is -0.00359. The number of anilines is 1. The Balaban J connectivity index is 1.95. The molecule has 0 unspecified atom stereocenters. The summed E-state index contributed by atoms with van der Waals surface area (Å²) in [6.07, 6.45) is 1.26. The molecule has 0 bridgehead atoms. The van der Waals surface area contributed by atoms with Crippen molar-refractivity contribution in [3.05, 3.63) is 45.0 Å². The Morgan fingerprint density at radius 1 is 1.33 bits per heavy atom. The minimum atomic E-state index is -4.19. The van der Waals surface area contributed by atoms with Gasteiger partial charge in [0.25, 0.3) is 21.6 Å². The minimum absolute atomic E-state index is 0.00945. The van der Waals surface area contributed by atoms with Crippen LogP contribution in [0, 0.1) is 10.1 Å². The molecule has 24 heavy (non-hydrogen) atoms. The van der Waals surface area contributed by atoms with Crippen molar-refractivity contribution in [2.24, 2.45) is 0 Å².